The van der Waals surface area contributed by atoms with E-state index in [1.807, 2.05) is 0 Å². The fourth-order valence-electron chi connectivity index (χ4n) is 2.12. The Morgan fingerprint density at radius 3 is 2.68 bits per heavy atom. The molecule has 114 valence electrons. The van der Waals surface area contributed by atoms with E-state index in [0.717, 1.165) is 17.0 Å². The van der Waals surface area contributed by atoms with Crippen LogP contribution in [-0.4, -0.2) is 30.6 Å². The second-order valence-corrected chi connectivity index (χ2v) is 5.80. The van der Waals surface area contributed by atoms with E-state index in [2.05, 4.69) is 15.0 Å². The van der Waals surface area contributed by atoms with Gasteiger partial charge in [0.1, 0.15) is 0 Å². The summed E-state index contributed by atoms with van der Waals surface area (Å²) in [6.07, 6.45) is 0.773. The van der Waals surface area contributed by atoms with Gasteiger partial charge in [-0.15, -0.1) is 0 Å². The zero-order valence-electron chi connectivity index (χ0n) is 11.9. The van der Waals surface area contributed by atoms with Crippen LogP contribution in [0.2, 0.25) is 0 Å². The van der Waals surface area contributed by atoms with E-state index < -0.39 is 5.97 Å². The number of methoxy groups -OCH3 is 1. The van der Waals surface area contributed by atoms with Crippen molar-refractivity contribution in [1.82, 2.24) is 4.98 Å². The minimum atomic E-state index is -0.431. The molecule has 0 saturated carbocycles. The van der Waals surface area contributed by atoms with Gasteiger partial charge in [-0.2, -0.15) is 0 Å². The van der Waals surface area contributed by atoms with E-state index >= 15 is 0 Å². The first kappa shape index (κ1) is 14.7. The normalized spacial score (nSPS) is 13.3. The summed E-state index contributed by atoms with van der Waals surface area (Å²) in [5.41, 5.74) is 1.85. The zero-order valence-corrected chi connectivity index (χ0v) is 12.7. The Bertz CT molecular complexity index is 685. The van der Waals surface area contributed by atoms with Crippen LogP contribution in [0.15, 0.2) is 24.3 Å². The summed E-state index contributed by atoms with van der Waals surface area (Å²) < 4.78 is 9.98. The summed E-state index contributed by atoms with van der Waals surface area (Å²) in [7, 11) is 1.32. The molecule has 0 fully saturated rings. The van der Waals surface area contributed by atoms with Gasteiger partial charge in [0.25, 0.3) is 5.91 Å². The van der Waals surface area contributed by atoms with Crippen molar-refractivity contribution in [2.75, 3.05) is 19.0 Å². The quantitative estimate of drug-likeness (QED) is 0.878. The van der Waals surface area contributed by atoms with Crippen LogP contribution in [0.4, 0.5) is 5.13 Å². The monoisotopic (exact) mass is 318 g/mol. The maximum atomic E-state index is 12.2. The van der Waals surface area contributed by atoms with Crippen LogP contribution in [0.1, 0.15) is 31.3 Å². The number of nitrogens with zero attached hydrogens (tertiary/aromatic N) is 1. The van der Waals surface area contributed by atoms with E-state index in [0.29, 0.717) is 29.5 Å². The van der Waals surface area contributed by atoms with Gasteiger partial charge in [0, 0.05) is 12.0 Å². The van der Waals surface area contributed by atoms with Crippen molar-refractivity contribution in [3.05, 3.63) is 46.0 Å². The molecule has 0 bridgehead atoms. The van der Waals surface area contributed by atoms with Crippen molar-refractivity contribution in [2.45, 2.75) is 13.0 Å². The highest BCUT2D eigenvalue weighted by molar-refractivity contribution is 7.15. The van der Waals surface area contributed by atoms with Crippen molar-refractivity contribution >= 4 is 28.3 Å². The second kappa shape index (κ2) is 6.25. The summed E-state index contributed by atoms with van der Waals surface area (Å²) in [4.78, 5) is 29.0. The maximum Gasteiger partial charge on any atom is 0.337 e. The van der Waals surface area contributed by atoms with E-state index in [1.165, 1.54) is 18.4 Å². The number of ether oxygens (including phenoxy) is 2. The fraction of sp³-hybridized carbons (Fsp3) is 0.267. The molecule has 0 unspecified atom stereocenters. The largest absolute Gasteiger partial charge is 0.465 e. The van der Waals surface area contributed by atoms with E-state index in [4.69, 9.17) is 4.74 Å². The molecule has 6 nitrogen and oxygen atoms in total. The molecule has 1 aromatic heterocycles. The van der Waals surface area contributed by atoms with E-state index in [9.17, 15) is 9.59 Å². The Kier molecular flexibility index (Phi) is 4.17. The lowest BCUT2D eigenvalue weighted by atomic mass is 10.1. The number of hydrogen-bond acceptors (Lipinski definition) is 6. The molecule has 0 radical (unpaired) electrons. The topological polar surface area (TPSA) is 77.5 Å². The van der Waals surface area contributed by atoms with Crippen molar-refractivity contribution in [3.63, 3.8) is 0 Å². The predicted molar refractivity (Wildman–Crippen MR) is 81.2 cm³/mol. The summed E-state index contributed by atoms with van der Waals surface area (Å²) in [6.45, 7) is 1.22. The van der Waals surface area contributed by atoms with Crippen molar-refractivity contribution in [1.29, 1.82) is 0 Å². The Morgan fingerprint density at radius 2 is 2.00 bits per heavy atom. The molecule has 0 saturated heterocycles. The smallest absolute Gasteiger partial charge is 0.337 e. The van der Waals surface area contributed by atoms with Crippen molar-refractivity contribution in [2.24, 2.45) is 0 Å². The second-order valence-electron chi connectivity index (χ2n) is 4.71. The molecule has 1 aliphatic rings. The number of aromatic nitrogens is 1. The number of rotatable bonds is 3. The molecule has 0 atom stereocenters. The highest BCUT2D eigenvalue weighted by atomic mass is 32.1. The zero-order chi connectivity index (χ0) is 15.5. The molecule has 7 heteroatoms. The van der Waals surface area contributed by atoms with Crippen molar-refractivity contribution in [3.8, 4) is 0 Å². The SMILES string of the molecule is COC(=O)c1ccc(C(=O)Nc2nc3c(s2)COCC3)cc1. The summed E-state index contributed by atoms with van der Waals surface area (Å²) >= 11 is 1.43. The number of nitrogens with one attached hydrogen (secondary N) is 1. The molecule has 1 N–H and O–H groups in total. The fourth-order valence-corrected chi connectivity index (χ4v) is 3.06. The molecule has 2 heterocycles. The lowest BCUT2D eigenvalue weighted by Gasteiger charge is -2.08. The Morgan fingerprint density at radius 1 is 1.27 bits per heavy atom. The number of carbonyl (C=O) groups excluding carboxylic acids is 2. The Labute approximate surface area is 131 Å². The van der Waals surface area contributed by atoms with Crippen LogP contribution in [0.25, 0.3) is 0 Å². The third kappa shape index (κ3) is 3.00. The van der Waals surface area contributed by atoms with Gasteiger partial charge in [-0.3, -0.25) is 10.1 Å². The minimum Gasteiger partial charge on any atom is -0.465 e. The Balaban J connectivity index is 1.71. The number of fused-ring (bicyclic) bond motifs is 1. The number of amides is 1. The average molecular weight is 318 g/mol. The summed E-state index contributed by atoms with van der Waals surface area (Å²) in [5.74, 6) is -0.692. The van der Waals surface area contributed by atoms with Gasteiger partial charge < -0.3 is 9.47 Å². The van der Waals surface area contributed by atoms with Crippen molar-refractivity contribution < 1.29 is 19.1 Å². The van der Waals surface area contributed by atoms with Crippen LogP contribution in [-0.2, 0) is 22.5 Å². The summed E-state index contributed by atoms with van der Waals surface area (Å²) in [6, 6.07) is 6.28. The first-order valence-corrected chi connectivity index (χ1v) is 7.55. The molecule has 0 aliphatic carbocycles. The molecule has 3 rings (SSSR count). The molecule has 1 aliphatic heterocycles. The number of carbonyl (C=O) groups is 2. The highest BCUT2D eigenvalue weighted by Gasteiger charge is 2.17. The third-order valence-electron chi connectivity index (χ3n) is 3.28. The lowest BCUT2D eigenvalue weighted by Crippen LogP contribution is -2.12. The van der Waals surface area contributed by atoms with Gasteiger partial charge in [0.05, 0.1) is 36.5 Å². The van der Waals surface area contributed by atoms with Crippen LogP contribution in [0.5, 0.6) is 0 Å². The summed E-state index contributed by atoms with van der Waals surface area (Å²) in [5, 5.41) is 3.34. The highest BCUT2D eigenvalue weighted by Crippen LogP contribution is 2.27. The van der Waals surface area contributed by atoms with E-state index in [-0.39, 0.29) is 5.91 Å². The van der Waals surface area contributed by atoms with Gasteiger partial charge in [0.15, 0.2) is 5.13 Å². The van der Waals surface area contributed by atoms with Gasteiger partial charge in [-0.25, -0.2) is 9.78 Å². The molecule has 22 heavy (non-hydrogen) atoms. The van der Waals surface area contributed by atoms with Gasteiger partial charge in [-0.05, 0) is 24.3 Å². The van der Waals surface area contributed by atoms with Crippen LogP contribution < -0.4 is 5.32 Å². The predicted octanol–water partition coefficient (Wildman–Crippen LogP) is 2.25. The van der Waals surface area contributed by atoms with Crippen LogP contribution in [0, 0.1) is 0 Å². The third-order valence-corrected chi connectivity index (χ3v) is 4.27. The van der Waals surface area contributed by atoms with E-state index in [1.54, 1.807) is 24.3 Å². The molecular weight excluding hydrogens is 304 g/mol. The maximum absolute atomic E-state index is 12.2. The number of benzene rings is 1. The Hall–Kier alpha value is -2.25. The van der Waals surface area contributed by atoms with Gasteiger partial charge in [0.2, 0.25) is 0 Å². The minimum absolute atomic E-state index is 0.261. The van der Waals surface area contributed by atoms with Crippen LogP contribution >= 0.6 is 11.3 Å². The molecule has 2 aromatic rings. The van der Waals surface area contributed by atoms with Gasteiger partial charge >= 0.3 is 5.97 Å². The molecular formula is C15H14N2O4S. The number of thiazole rings is 1. The number of hydrogen-bond donors (Lipinski definition) is 1. The average Bonchev–Trinajstić information content (AvgIpc) is 2.96. The first-order chi connectivity index (χ1) is 10.7. The van der Waals surface area contributed by atoms with Gasteiger partial charge in [-0.1, -0.05) is 11.3 Å². The van der Waals surface area contributed by atoms with Crippen LogP contribution in [0.3, 0.4) is 0 Å². The lowest BCUT2D eigenvalue weighted by molar-refractivity contribution is 0.0600. The standard InChI is InChI=1S/C15H14N2O4S/c1-20-14(19)10-4-2-9(3-5-10)13(18)17-15-16-11-6-7-21-8-12(11)22-15/h2-5H,6-8H2,1H3,(H,16,17,18). The number of anilines is 1. The number of esters is 1. The first-order valence-electron chi connectivity index (χ1n) is 6.73. The molecule has 1 amide bonds. The molecule has 0 spiro atoms. The molecule has 1 aromatic carbocycles.